The summed E-state index contributed by atoms with van der Waals surface area (Å²) in [5, 5.41) is 12.5. The van der Waals surface area contributed by atoms with Crippen LogP contribution in [0, 0.1) is 13.8 Å². The van der Waals surface area contributed by atoms with Crippen molar-refractivity contribution in [2.75, 3.05) is 0 Å². The fourth-order valence-corrected chi connectivity index (χ4v) is 2.22. The molecule has 0 saturated heterocycles. The summed E-state index contributed by atoms with van der Waals surface area (Å²) < 4.78 is 5.72. The summed E-state index contributed by atoms with van der Waals surface area (Å²) in [5.74, 6) is 0.289. The zero-order chi connectivity index (χ0) is 15.4. The van der Waals surface area contributed by atoms with E-state index in [9.17, 15) is 0 Å². The summed E-state index contributed by atoms with van der Waals surface area (Å²) in [5.41, 5.74) is 8.63. The van der Waals surface area contributed by atoms with Gasteiger partial charge in [0.1, 0.15) is 6.61 Å². The molecule has 3 N–H and O–H groups in total. The van der Waals surface area contributed by atoms with Gasteiger partial charge in [0.2, 0.25) is 5.88 Å². The lowest BCUT2D eigenvalue weighted by molar-refractivity contribution is 0.291. The van der Waals surface area contributed by atoms with Crippen LogP contribution in [0.3, 0.4) is 0 Å². The first kappa shape index (κ1) is 15.1. The highest BCUT2D eigenvalue weighted by Gasteiger charge is 2.15. The van der Waals surface area contributed by atoms with Crippen molar-refractivity contribution < 1.29 is 9.94 Å². The Morgan fingerprint density at radius 2 is 2.10 bits per heavy atom. The third-order valence-corrected chi connectivity index (χ3v) is 3.37. The standard InChI is InChI=1S/C15H16ClN3O2/c1-9-7-10(2)18-15(13(9)14(17)19-20)21-8-11-5-3-4-6-12(11)16/h3-7,20H,8H2,1-2H3,(H2,17,19). The molecule has 0 unspecified atom stereocenters. The second-order valence-electron chi connectivity index (χ2n) is 4.63. The van der Waals surface area contributed by atoms with E-state index in [-0.39, 0.29) is 12.4 Å². The molecule has 0 bridgehead atoms. The molecular weight excluding hydrogens is 290 g/mol. The van der Waals surface area contributed by atoms with Crippen molar-refractivity contribution in [3.05, 3.63) is 57.7 Å². The van der Waals surface area contributed by atoms with Gasteiger partial charge in [0, 0.05) is 16.3 Å². The van der Waals surface area contributed by atoms with Crippen LogP contribution in [0.15, 0.2) is 35.5 Å². The molecule has 0 aliphatic carbocycles. The highest BCUT2D eigenvalue weighted by Crippen LogP contribution is 2.23. The van der Waals surface area contributed by atoms with Gasteiger partial charge < -0.3 is 15.7 Å². The third kappa shape index (κ3) is 3.44. The zero-order valence-corrected chi connectivity index (χ0v) is 12.6. The number of aryl methyl sites for hydroxylation is 2. The van der Waals surface area contributed by atoms with Gasteiger partial charge in [-0.25, -0.2) is 4.98 Å². The molecule has 0 radical (unpaired) electrons. The predicted octanol–water partition coefficient (Wildman–Crippen LogP) is 3.03. The molecule has 2 rings (SSSR count). The zero-order valence-electron chi connectivity index (χ0n) is 11.8. The molecule has 1 aromatic carbocycles. The Morgan fingerprint density at radius 3 is 2.76 bits per heavy atom. The molecule has 0 saturated carbocycles. The van der Waals surface area contributed by atoms with Crippen LogP contribution in [0.2, 0.25) is 5.02 Å². The maximum absolute atomic E-state index is 8.89. The number of ether oxygens (including phenoxy) is 1. The summed E-state index contributed by atoms with van der Waals surface area (Å²) >= 11 is 6.09. The molecule has 6 heteroatoms. The Balaban J connectivity index is 2.33. The Morgan fingerprint density at radius 1 is 1.38 bits per heavy atom. The van der Waals surface area contributed by atoms with Crippen molar-refractivity contribution in [2.45, 2.75) is 20.5 Å². The minimum atomic E-state index is -0.0332. The number of oxime groups is 1. The molecule has 0 fully saturated rings. The molecule has 0 amide bonds. The Labute approximate surface area is 128 Å². The number of rotatable bonds is 4. The topological polar surface area (TPSA) is 80.7 Å². The second kappa shape index (κ2) is 6.45. The van der Waals surface area contributed by atoms with E-state index in [0.29, 0.717) is 16.5 Å². The molecule has 0 aliphatic rings. The molecule has 110 valence electrons. The van der Waals surface area contributed by atoms with Crippen LogP contribution < -0.4 is 10.5 Å². The van der Waals surface area contributed by atoms with Crippen molar-refractivity contribution in [1.82, 2.24) is 4.98 Å². The quantitative estimate of drug-likeness (QED) is 0.394. The maximum Gasteiger partial charge on any atom is 0.225 e. The fraction of sp³-hybridized carbons (Fsp3) is 0.200. The van der Waals surface area contributed by atoms with Gasteiger partial charge in [0.25, 0.3) is 0 Å². The van der Waals surface area contributed by atoms with Crippen molar-refractivity contribution in [1.29, 1.82) is 0 Å². The minimum absolute atomic E-state index is 0.0332. The number of benzene rings is 1. The SMILES string of the molecule is Cc1cc(C)c(/C(N)=N/O)c(OCc2ccccc2Cl)n1. The molecular formula is C15H16ClN3O2. The van der Waals surface area contributed by atoms with Crippen molar-refractivity contribution >= 4 is 17.4 Å². The summed E-state index contributed by atoms with van der Waals surface area (Å²) in [6.07, 6.45) is 0. The third-order valence-electron chi connectivity index (χ3n) is 3.00. The van der Waals surface area contributed by atoms with E-state index < -0.39 is 0 Å². The molecule has 0 atom stereocenters. The van der Waals surface area contributed by atoms with Crippen LogP contribution >= 0.6 is 11.6 Å². The predicted molar refractivity (Wildman–Crippen MR) is 82.0 cm³/mol. The summed E-state index contributed by atoms with van der Waals surface area (Å²) in [6, 6.07) is 9.23. The Hall–Kier alpha value is -2.27. The molecule has 0 aliphatic heterocycles. The van der Waals surface area contributed by atoms with Crippen molar-refractivity contribution in [2.24, 2.45) is 10.9 Å². The number of nitrogens with two attached hydrogens (primary N) is 1. The van der Waals surface area contributed by atoms with E-state index in [1.807, 2.05) is 38.1 Å². The van der Waals surface area contributed by atoms with Gasteiger partial charge in [-0.05, 0) is 31.5 Å². The largest absolute Gasteiger partial charge is 0.472 e. The number of amidine groups is 1. The highest BCUT2D eigenvalue weighted by molar-refractivity contribution is 6.31. The van der Waals surface area contributed by atoms with E-state index in [0.717, 1.165) is 16.8 Å². The number of hydrogen-bond acceptors (Lipinski definition) is 4. The van der Waals surface area contributed by atoms with E-state index in [4.69, 9.17) is 27.3 Å². The second-order valence-corrected chi connectivity index (χ2v) is 5.03. The van der Waals surface area contributed by atoms with Crippen LogP contribution in [0.25, 0.3) is 0 Å². The first-order chi connectivity index (χ1) is 10.0. The van der Waals surface area contributed by atoms with Gasteiger partial charge in [-0.3, -0.25) is 0 Å². The average Bonchev–Trinajstić information content (AvgIpc) is 2.45. The number of aromatic nitrogens is 1. The van der Waals surface area contributed by atoms with Gasteiger partial charge in [-0.2, -0.15) is 0 Å². The monoisotopic (exact) mass is 305 g/mol. The van der Waals surface area contributed by atoms with Crippen LogP contribution in [0.5, 0.6) is 5.88 Å². The maximum atomic E-state index is 8.89. The normalized spacial score (nSPS) is 11.5. The van der Waals surface area contributed by atoms with Crippen molar-refractivity contribution in [3.63, 3.8) is 0 Å². The summed E-state index contributed by atoms with van der Waals surface area (Å²) in [6.45, 7) is 3.96. The van der Waals surface area contributed by atoms with Crippen LogP contribution in [0.4, 0.5) is 0 Å². The van der Waals surface area contributed by atoms with Crippen molar-refractivity contribution in [3.8, 4) is 5.88 Å². The van der Waals surface area contributed by atoms with E-state index in [1.165, 1.54) is 0 Å². The van der Waals surface area contributed by atoms with Crippen LogP contribution in [0.1, 0.15) is 22.4 Å². The molecule has 5 nitrogen and oxygen atoms in total. The summed E-state index contributed by atoms with van der Waals surface area (Å²) in [4.78, 5) is 4.31. The van der Waals surface area contributed by atoms with Gasteiger partial charge in [0.05, 0.1) is 5.56 Å². The first-order valence-corrected chi connectivity index (χ1v) is 6.73. The van der Waals surface area contributed by atoms with Crippen LogP contribution in [-0.2, 0) is 6.61 Å². The number of pyridine rings is 1. The van der Waals surface area contributed by atoms with E-state index >= 15 is 0 Å². The average molecular weight is 306 g/mol. The highest BCUT2D eigenvalue weighted by atomic mass is 35.5. The van der Waals surface area contributed by atoms with Gasteiger partial charge in [0.15, 0.2) is 5.84 Å². The van der Waals surface area contributed by atoms with E-state index in [1.54, 1.807) is 6.07 Å². The summed E-state index contributed by atoms with van der Waals surface area (Å²) in [7, 11) is 0. The number of nitrogens with zero attached hydrogens (tertiary/aromatic N) is 2. The molecule has 1 aromatic heterocycles. The lowest BCUT2D eigenvalue weighted by Gasteiger charge is -2.13. The molecule has 1 heterocycles. The Kier molecular flexibility index (Phi) is 4.65. The number of hydrogen-bond donors (Lipinski definition) is 2. The minimum Gasteiger partial charge on any atom is -0.472 e. The smallest absolute Gasteiger partial charge is 0.225 e. The first-order valence-electron chi connectivity index (χ1n) is 6.35. The van der Waals surface area contributed by atoms with E-state index in [2.05, 4.69) is 10.1 Å². The number of halogens is 1. The molecule has 0 spiro atoms. The fourth-order valence-electron chi connectivity index (χ4n) is 2.03. The Bertz CT molecular complexity index is 687. The van der Waals surface area contributed by atoms with Gasteiger partial charge >= 0.3 is 0 Å². The molecule has 21 heavy (non-hydrogen) atoms. The van der Waals surface area contributed by atoms with Gasteiger partial charge in [-0.15, -0.1) is 0 Å². The molecule has 2 aromatic rings. The lowest BCUT2D eigenvalue weighted by atomic mass is 10.1. The van der Waals surface area contributed by atoms with Crippen LogP contribution in [-0.4, -0.2) is 16.0 Å². The van der Waals surface area contributed by atoms with Gasteiger partial charge in [-0.1, -0.05) is 35.0 Å². The lowest BCUT2D eigenvalue weighted by Crippen LogP contribution is -2.18.